The van der Waals surface area contributed by atoms with Crippen molar-refractivity contribution in [2.24, 2.45) is 11.8 Å². The molecule has 72 valence electrons. The standard InChI is InChI=1S/C8H18N.2CH3.Ga/c1-7(2)5-9-6-8(3)4;;;/h7-8H,5-6H2,1-4H3;2*1H3;/q-1;;;+1. The van der Waals surface area contributed by atoms with Crippen molar-refractivity contribution in [2.75, 3.05) is 13.1 Å². The van der Waals surface area contributed by atoms with Crippen molar-refractivity contribution in [1.82, 2.24) is 3.61 Å². The summed E-state index contributed by atoms with van der Waals surface area (Å²) in [5.41, 5.74) is 4.94. The van der Waals surface area contributed by atoms with E-state index in [1.54, 1.807) is 0 Å². The molecule has 0 aromatic heterocycles. The van der Waals surface area contributed by atoms with Crippen LogP contribution in [0.3, 0.4) is 0 Å². The van der Waals surface area contributed by atoms with E-state index in [0.717, 1.165) is 11.8 Å². The van der Waals surface area contributed by atoms with E-state index in [1.165, 1.54) is 13.1 Å². The molecular weight excluding hydrogens is 204 g/mol. The van der Waals surface area contributed by atoms with Crippen LogP contribution in [0.2, 0.25) is 11.0 Å². The van der Waals surface area contributed by atoms with Gasteiger partial charge < -0.3 is 0 Å². The Bertz CT molecular complexity index is 100. The van der Waals surface area contributed by atoms with Gasteiger partial charge in [-0.3, -0.25) is 0 Å². The second-order valence-corrected chi connectivity index (χ2v) is 11.0. The van der Waals surface area contributed by atoms with Crippen LogP contribution in [0, 0.1) is 11.8 Å². The Hall–Kier alpha value is 0.596. The molecule has 12 heavy (non-hydrogen) atoms. The Labute approximate surface area is 83.8 Å². The summed E-state index contributed by atoms with van der Waals surface area (Å²) in [6, 6.07) is 0. The SMILES string of the molecule is CC(C)C[N](CC(C)C)[Ga]([CH3])[CH3]. The molecule has 0 aromatic carbocycles. The maximum absolute atomic E-state index is 2.75. The van der Waals surface area contributed by atoms with Gasteiger partial charge in [0.1, 0.15) is 0 Å². The Morgan fingerprint density at radius 3 is 1.42 bits per heavy atom. The summed E-state index contributed by atoms with van der Waals surface area (Å²) in [5, 5.41) is 0. The number of nitrogens with zero attached hydrogens (tertiary/aromatic N) is 1. The quantitative estimate of drug-likeness (QED) is 0.654. The van der Waals surface area contributed by atoms with Gasteiger partial charge in [-0.2, -0.15) is 0 Å². The first-order chi connectivity index (χ1) is 5.43. The number of hydrogen-bond donors (Lipinski definition) is 0. The Morgan fingerprint density at radius 2 is 1.25 bits per heavy atom. The zero-order chi connectivity index (χ0) is 9.72. The van der Waals surface area contributed by atoms with Crippen LogP contribution in [0.4, 0.5) is 0 Å². The van der Waals surface area contributed by atoms with E-state index in [1.807, 2.05) is 0 Å². The first-order valence-electron chi connectivity index (χ1n) is 5.17. The van der Waals surface area contributed by atoms with Gasteiger partial charge >= 0.3 is 83.6 Å². The minimum atomic E-state index is -1.00. The van der Waals surface area contributed by atoms with E-state index in [-0.39, 0.29) is 0 Å². The van der Waals surface area contributed by atoms with E-state index in [9.17, 15) is 0 Å². The van der Waals surface area contributed by atoms with E-state index in [0.29, 0.717) is 0 Å². The molecule has 0 aromatic rings. The van der Waals surface area contributed by atoms with E-state index in [4.69, 9.17) is 0 Å². The predicted molar refractivity (Wildman–Crippen MR) is 58.7 cm³/mol. The first kappa shape index (κ1) is 12.6. The normalized spacial score (nSPS) is 11.8. The zero-order valence-corrected chi connectivity index (χ0v) is 12.0. The molecule has 0 rings (SSSR count). The van der Waals surface area contributed by atoms with Crippen LogP contribution in [-0.2, 0) is 0 Å². The third kappa shape index (κ3) is 6.15. The van der Waals surface area contributed by atoms with Crippen molar-refractivity contribution in [3.05, 3.63) is 0 Å². The molecule has 0 fully saturated rings. The first-order valence-corrected chi connectivity index (χ1v) is 11.1. The molecule has 0 amide bonds. The van der Waals surface area contributed by atoms with Gasteiger partial charge in [0.2, 0.25) is 0 Å². The van der Waals surface area contributed by atoms with Gasteiger partial charge in [-0.25, -0.2) is 0 Å². The summed E-state index contributed by atoms with van der Waals surface area (Å²) < 4.78 is 2.75. The molecule has 0 aliphatic heterocycles. The topological polar surface area (TPSA) is 3.24 Å². The third-order valence-corrected chi connectivity index (χ3v) is 5.88. The molecular formula is C10H24GaN. The van der Waals surface area contributed by atoms with Gasteiger partial charge in [-0.05, 0) is 0 Å². The average Bonchev–Trinajstić information content (AvgIpc) is 1.83. The predicted octanol–water partition coefficient (Wildman–Crippen LogP) is 2.85. The second-order valence-electron chi connectivity index (χ2n) is 4.84. The molecule has 0 N–H and O–H groups in total. The molecule has 0 atom stereocenters. The maximum atomic E-state index is 2.75. The van der Waals surface area contributed by atoms with Gasteiger partial charge in [0.25, 0.3) is 0 Å². The van der Waals surface area contributed by atoms with E-state index < -0.39 is 16.5 Å². The molecule has 0 radical (unpaired) electrons. The molecule has 0 unspecified atom stereocenters. The molecule has 0 heterocycles. The molecule has 0 aliphatic carbocycles. The van der Waals surface area contributed by atoms with E-state index in [2.05, 4.69) is 42.3 Å². The summed E-state index contributed by atoms with van der Waals surface area (Å²) in [4.78, 5) is 0. The van der Waals surface area contributed by atoms with Gasteiger partial charge in [-0.1, -0.05) is 0 Å². The Morgan fingerprint density at radius 1 is 0.917 bits per heavy atom. The van der Waals surface area contributed by atoms with Crippen LogP contribution in [0.1, 0.15) is 27.7 Å². The molecule has 0 spiro atoms. The van der Waals surface area contributed by atoms with Crippen molar-refractivity contribution in [3.8, 4) is 0 Å². The fraction of sp³-hybridized carbons (Fsp3) is 1.00. The van der Waals surface area contributed by atoms with Gasteiger partial charge in [0, 0.05) is 0 Å². The second kappa shape index (κ2) is 6.11. The molecule has 1 nitrogen and oxygen atoms in total. The minimum absolute atomic E-state index is 0.830. The Kier molecular flexibility index (Phi) is 6.42. The molecule has 0 aliphatic rings. The van der Waals surface area contributed by atoms with Gasteiger partial charge in [-0.15, -0.1) is 0 Å². The van der Waals surface area contributed by atoms with Crippen LogP contribution in [-0.4, -0.2) is 33.2 Å². The molecule has 0 saturated heterocycles. The van der Waals surface area contributed by atoms with Crippen molar-refractivity contribution in [2.45, 2.75) is 38.7 Å². The van der Waals surface area contributed by atoms with Crippen molar-refractivity contribution in [3.63, 3.8) is 0 Å². The monoisotopic (exact) mass is 227 g/mol. The molecule has 2 heteroatoms. The summed E-state index contributed by atoms with van der Waals surface area (Å²) in [5.74, 6) is 1.66. The third-order valence-electron chi connectivity index (χ3n) is 1.93. The van der Waals surface area contributed by atoms with Crippen LogP contribution in [0.5, 0.6) is 0 Å². The molecule has 0 bridgehead atoms. The van der Waals surface area contributed by atoms with Crippen LogP contribution >= 0.6 is 0 Å². The summed E-state index contributed by atoms with van der Waals surface area (Å²) >= 11 is -1.00. The zero-order valence-electron chi connectivity index (χ0n) is 9.59. The van der Waals surface area contributed by atoms with Crippen LogP contribution in [0.25, 0.3) is 0 Å². The van der Waals surface area contributed by atoms with Crippen LogP contribution < -0.4 is 0 Å². The van der Waals surface area contributed by atoms with Gasteiger partial charge in [0.15, 0.2) is 0 Å². The number of hydrogen-bond acceptors (Lipinski definition) is 1. The van der Waals surface area contributed by atoms with Gasteiger partial charge in [0.05, 0.1) is 0 Å². The summed E-state index contributed by atoms with van der Waals surface area (Å²) in [6.07, 6.45) is 0. The molecule has 0 saturated carbocycles. The Balaban J connectivity index is 3.87. The van der Waals surface area contributed by atoms with Crippen LogP contribution in [0.15, 0.2) is 0 Å². The van der Waals surface area contributed by atoms with E-state index >= 15 is 0 Å². The van der Waals surface area contributed by atoms with Crippen molar-refractivity contribution in [1.29, 1.82) is 0 Å². The average molecular weight is 228 g/mol. The fourth-order valence-corrected chi connectivity index (χ4v) is 4.97. The van der Waals surface area contributed by atoms with Crippen molar-refractivity contribution >= 4 is 16.5 Å². The summed E-state index contributed by atoms with van der Waals surface area (Å²) in [6.45, 7) is 11.9. The number of rotatable bonds is 5. The summed E-state index contributed by atoms with van der Waals surface area (Å²) in [7, 11) is 0. The fourth-order valence-electron chi connectivity index (χ4n) is 1.43. The van der Waals surface area contributed by atoms with Crippen molar-refractivity contribution < 1.29 is 0 Å².